The van der Waals surface area contributed by atoms with Gasteiger partial charge in [-0.25, -0.2) is 0 Å². The molecule has 6 heteroatoms. The molecule has 3 aromatic rings. The zero-order chi connectivity index (χ0) is 20.2. The van der Waals surface area contributed by atoms with Gasteiger partial charge in [-0.1, -0.05) is 37.3 Å². The van der Waals surface area contributed by atoms with Crippen LogP contribution in [0.15, 0.2) is 52.0 Å². The molecule has 0 bridgehead atoms. The fourth-order valence-electron chi connectivity index (χ4n) is 2.97. The maximum absolute atomic E-state index is 11.7. The maximum Gasteiger partial charge on any atom is 0.290 e. The van der Waals surface area contributed by atoms with E-state index in [1.165, 1.54) is 18.4 Å². The second kappa shape index (κ2) is 8.38. The van der Waals surface area contributed by atoms with E-state index < -0.39 is 5.91 Å². The largest absolute Gasteiger partial charge is 0.455 e. The molecule has 0 spiro atoms. The van der Waals surface area contributed by atoms with Gasteiger partial charge in [0.05, 0.1) is 10.5 Å². The summed E-state index contributed by atoms with van der Waals surface area (Å²) >= 11 is 0.854. The highest BCUT2D eigenvalue weighted by Gasteiger charge is 2.25. The number of aryl methyl sites for hydroxylation is 1. The van der Waals surface area contributed by atoms with Crippen LogP contribution in [-0.2, 0) is 11.2 Å². The molecule has 0 radical (unpaired) electrons. The van der Waals surface area contributed by atoms with E-state index in [4.69, 9.17) is 4.42 Å². The highest BCUT2D eigenvalue weighted by Crippen LogP contribution is 2.28. The second-order valence-corrected chi connectivity index (χ2v) is 7.67. The lowest BCUT2D eigenvalue weighted by Crippen LogP contribution is -2.17. The summed E-state index contributed by atoms with van der Waals surface area (Å²) in [6, 6.07) is 10.1. The van der Waals surface area contributed by atoms with Gasteiger partial charge in [-0.05, 0) is 48.4 Å². The van der Waals surface area contributed by atoms with Gasteiger partial charge >= 0.3 is 0 Å². The third kappa shape index (κ3) is 4.41. The van der Waals surface area contributed by atoms with Crippen molar-refractivity contribution in [3.8, 4) is 11.8 Å². The molecule has 5 nitrogen and oxygen atoms in total. The number of imide groups is 1. The van der Waals surface area contributed by atoms with Gasteiger partial charge in [-0.15, -0.1) is 0 Å². The van der Waals surface area contributed by atoms with Crippen molar-refractivity contribution in [2.75, 3.05) is 0 Å². The molecular weight excluding hydrogens is 384 g/mol. The van der Waals surface area contributed by atoms with Gasteiger partial charge in [0.1, 0.15) is 5.76 Å². The molecule has 0 aliphatic carbocycles. The number of aromatic nitrogens is 1. The van der Waals surface area contributed by atoms with Crippen molar-refractivity contribution in [3.05, 3.63) is 70.1 Å². The zero-order valence-electron chi connectivity index (χ0n) is 15.8. The average molecular weight is 402 g/mol. The van der Waals surface area contributed by atoms with Gasteiger partial charge in [0.2, 0.25) is 0 Å². The molecule has 1 fully saturated rings. The molecule has 0 unspecified atom stereocenters. The van der Waals surface area contributed by atoms with Crippen LogP contribution in [0.5, 0.6) is 0 Å². The molecule has 29 heavy (non-hydrogen) atoms. The average Bonchev–Trinajstić information content (AvgIpc) is 3.27. The molecule has 2 aromatic heterocycles. The topological polar surface area (TPSA) is 72.2 Å². The van der Waals surface area contributed by atoms with Crippen molar-refractivity contribution >= 4 is 40.0 Å². The fraction of sp³-hybridized carbons (Fsp3) is 0.174. The molecule has 0 atom stereocenters. The van der Waals surface area contributed by atoms with Gasteiger partial charge in [0.15, 0.2) is 5.58 Å². The normalized spacial score (nSPS) is 14.9. The summed E-state index contributed by atoms with van der Waals surface area (Å²) in [6.07, 6.45) is 8.34. The smallest absolute Gasteiger partial charge is 0.290 e. The Hall–Kier alpha value is -3.30. The molecule has 1 aromatic carbocycles. The minimum absolute atomic E-state index is 0.304. The van der Waals surface area contributed by atoms with Crippen molar-refractivity contribution in [2.24, 2.45) is 0 Å². The van der Waals surface area contributed by atoms with Gasteiger partial charge in [0, 0.05) is 29.4 Å². The molecule has 0 saturated carbocycles. The Kier molecular flexibility index (Phi) is 5.50. The van der Waals surface area contributed by atoms with Gasteiger partial charge in [-0.2, -0.15) is 0 Å². The first-order valence-corrected chi connectivity index (χ1v) is 10.2. The summed E-state index contributed by atoms with van der Waals surface area (Å²) in [5.74, 6) is 6.34. The van der Waals surface area contributed by atoms with E-state index in [9.17, 15) is 9.59 Å². The standard InChI is InChI=1S/C23H18N2O3S/c1-2-3-4-15-5-7-16(8-6-15)9-10-17-13-24-14-18-11-19(28-21(17)18)12-20-22(26)25-23(27)29-20/h5-8,11-14H,2-4H2,1H3,(H,25,26,27)/b20-12+. The third-order valence-corrected chi connectivity index (χ3v) is 5.28. The number of amides is 2. The minimum Gasteiger partial charge on any atom is -0.455 e. The van der Waals surface area contributed by atoms with E-state index in [0.717, 1.165) is 29.1 Å². The van der Waals surface area contributed by atoms with Crippen LogP contribution in [-0.4, -0.2) is 16.1 Å². The molecule has 1 N–H and O–H groups in total. The SMILES string of the molecule is CCCCc1ccc(C#Cc2cncc3cc(/C=C4/SC(=O)NC4=O)oc23)cc1. The Labute approximate surface area is 172 Å². The second-order valence-electron chi connectivity index (χ2n) is 6.66. The third-order valence-electron chi connectivity index (χ3n) is 4.47. The number of fused-ring (bicyclic) bond motifs is 1. The Morgan fingerprint density at radius 3 is 2.72 bits per heavy atom. The molecule has 2 amide bonds. The number of rotatable bonds is 4. The quantitative estimate of drug-likeness (QED) is 0.497. The number of unbranched alkanes of at least 4 members (excludes halogenated alkanes) is 1. The van der Waals surface area contributed by atoms with Crippen LogP contribution < -0.4 is 5.32 Å². The van der Waals surface area contributed by atoms with Crippen LogP contribution in [0, 0.1) is 11.8 Å². The maximum atomic E-state index is 11.7. The van der Waals surface area contributed by atoms with E-state index in [0.29, 0.717) is 21.8 Å². The highest BCUT2D eigenvalue weighted by atomic mass is 32.2. The fourth-order valence-corrected chi connectivity index (χ4v) is 3.63. The Morgan fingerprint density at radius 1 is 1.17 bits per heavy atom. The number of benzene rings is 1. The van der Waals surface area contributed by atoms with E-state index in [1.807, 2.05) is 12.1 Å². The number of nitrogens with one attached hydrogen (secondary N) is 1. The number of pyridine rings is 1. The number of carbonyl (C=O) groups is 2. The van der Waals surface area contributed by atoms with E-state index >= 15 is 0 Å². The predicted octanol–water partition coefficient (Wildman–Crippen LogP) is 4.89. The lowest BCUT2D eigenvalue weighted by molar-refractivity contribution is -0.115. The summed E-state index contributed by atoms with van der Waals surface area (Å²) in [7, 11) is 0. The van der Waals surface area contributed by atoms with Gasteiger partial charge < -0.3 is 4.42 Å². The molecular formula is C23H18N2O3S. The van der Waals surface area contributed by atoms with Crippen LogP contribution in [0.3, 0.4) is 0 Å². The van der Waals surface area contributed by atoms with Crippen LogP contribution >= 0.6 is 11.8 Å². The predicted molar refractivity (Wildman–Crippen MR) is 114 cm³/mol. The van der Waals surface area contributed by atoms with Crippen molar-refractivity contribution in [1.29, 1.82) is 0 Å². The lowest BCUT2D eigenvalue weighted by atomic mass is 10.1. The first-order valence-electron chi connectivity index (χ1n) is 9.36. The molecule has 1 aliphatic rings. The van der Waals surface area contributed by atoms with Crippen LogP contribution in [0.1, 0.15) is 42.2 Å². The number of hydrogen-bond donors (Lipinski definition) is 1. The van der Waals surface area contributed by atoms with Crippen LogP contribution in [0.25, 0.3) is 17.0 Å². The van der Waals surface area contributed by atoms with E-state index in [1.54, 1.807) is 24.5 Å². The van der Waals surface area contributed by atoms with Crippen LogP contribution in [0.4, 0.5) is 4.79 Å². The summed E-state index contributed by atoms with van der Waals surface area (Å²) in [5.41, 5.74) is 3.52. The summed E-state index contributed by atoms with van der Waals surface area (Å²) in [5, 5.41) is 2.63. The number of thioether (sulfide) groups is 1. The minimum atomic E-state index is -0.416. The number of nitrogens with zero attached hydrogens (tertiary/aromatic N) is 1. The number of hydrogen-bond acceptors (Lipinski definition) is 5. The molecule has 144 valence electrons. The van der Waals surface area contributed by atoms with E-state index in [-0.39, 0.29) is 5.24 Å². The number of furan rings is 1. The molecule has 3 heterocycles. The lowest BCUT2D eigenvalue weighted by Gasteiger charge is -1.99. The van der Waals surface area contributed by atoms with Crippen LogP contribution in [0.2, 0.25) is 0 Å². The highest BCUT2D eigenvalue weighted by molar-refractivity contribution is 8.18. The molecule has 1 saturated heterocycles. The first kappa shape index (κ1) is 19.0. The zero-order valence-corrected chi connectivity index (χ0v) is 16.6. The Balaban J connectivity index is 1.60. The summed E-state index contributed by atoms with van der Waals surface area (Å²) in [4.78, 5) is 27.5. The summed E-state index contributed by atoms with van der Waals surface area (Å²) < 4.78 is 5.87. The van der Waals surface area contributed by atoms with Gasteiger partial charge in [-0.3, -0.25) is 19.9 Å². The monoisotopic (exact) mass is 402 g/mol. The van der Waals surface area contributed by atoms with Crippen molar-refractivity contribution in [3.63, 3.8) is 0 Å². The summed E-state index contributed by atoms with van der Waals surface area (Å²) in [6.45, 7) is 2.19. The molecule has 1 aliphatic heterocycles. The van der Waals surface area contributed by atoms with Crippen molar-refractivity contribution in [2.45, 2.75) is 26.2 Å². The Bertz CT molecular complexity index is 1180. The first-order chi connectivity index (χ1) is 14.1. The van der Waals surface area contributed by atoms with E-state index in [2.05, 4.69) is 41.2 Å². The van der Waals surface area contributed by atoms with Gasteiger partial charge in [0.25, 0.3) is 11.1 Å². The van der Waals surface area contributed by atoms with Crippen molar-refractivity contribution in [1.82, 2.24) is 10.3 Å². The molecule has 4 rings (SSSR count). The Morgan fingerprint density at radius 2 is 2.00 bits per heavy atom. The number of carbonyl (C=O) groups excluding carboxylic acids is 2. The van der Waals surface area contributed by atoms with Crippen molar-refractivity contribution < 1.29 is 14.0 Å².